The van der Waals surface area contributed by atoms with Crippen LogP contribution in [0.15, 0.2) is 48.5 Å². The highest BCUT2D eigenvalue weighted by Crippen LogP contribution is 2.22. The van der Waals surface area contributed by atoms with Crippen LogP contribution in [0.3, 0.4) is 0 Å². The van der Waals surface area contributed by atoms with Gasteiger partial charge in [-0.05, 0) is 74.2 Å². The maximum atomic E-state index is 13.3. The van der Waals surface area contributed by atoms with Gasteiger partial charge in [0, 0.05) is 24.2 Å². The van der Waals surface area contributed by atoms with Gasteiger partial charge in [-0.3, -0.25) is 20.2 Å². The molecular weight excluding hydrogens is 520 g/mol. The minimum atomic E-state index is 0.0724. The molecule has 234 valence electrons. The Bertz CT molecular complexity index is 909. The molecule has 6 heteroatoms. The first-order valence-electron chi connectivity index (χ1n) is 16.8. The number of nitrogens with one attached hydrogen (secondary N) is 2. The van der Waals surface area contributed by atoms with Crippen molar-refractivity contribution in [1.82, 2.24) is 20.4 Å². The van der Waals surface area contributed by atoms with E-state index in [4.69, 9.17) is 0 Å². The van der Waals surface area contributed by atoms with Crippen LogP contribution in [0.4, 0.5) is 0 Å². The van der Waals surface area contributed by atoms with E-state index in [0.717, 1.165) is 75.8 Å². The molecule has 0 saturated carbocycles. The normalized spacial score (nSPS) is 11.0. The molecule has 0 radical (unpaired) electrons. The Balaban J connectivity index is 1.99. The third-order valence-electron chi connectivity index (χ3n) is 7.75. The van der Waals surface area contributed by atoms with Crippen molar-refractivity contribution in [1.29, 1.82) is 0 Å². The highest BCUT2D eigenvalue weighted by atomic mass is 16.2. The molecule has 0 spiro atoms. The number of benzene rings is 2. The van der Waals surface area contributed by atoms with E-state index in [1.807, 2.05) is 58.3 Å². The summed E-state index contributed by atoms with van der Waals surface area (Å²) >= 11 is 0. The van der Waals surface area contributed by atoms with E-state index in [0.29, 0.717) is 24.5 Å². The molecular formula is C36H58N4O2. The topological polar surface area (TPSA) is 64.7 Å². The molecule has 2 aromatic rings. The lowest BCUT2D eigenvalue weighted by atomic mass is 10.0. The summed E-state index contributed by atoms with van der Waals surface area (Å²) in [6, 6.07) is 15.7. The van der Waals surface area contributed by atoms with Crippen LogP contribution < -0.4 is 10.6 Å². The number of carbonyl (C=O) groups is 2. The van der Waals surface area contributed by atoms with Crippen molar-refractivity contribution >= 4 is 11.8 Å². The molecule has 42 heavy (non-hydrogen) atoms. The summed E-state index contributed by atoms with van der Waals surface area (Å²) in [4.78, 5) is 30.5. The van der Waals surface area contributed by atoms with Gasteiger partial charge in [0.1, 0.15) is 0 Å². The summed E-state index contributed by atoms with van der Waals surface area (Å²) in [5, 5.41) is 6.93. The van der Waals surface area contributed by atoms with Crippen molar-refractivity contribution in [3.8, 4) is 11.1 Å². The second kappa shape index (κ2) is 21.9. The maximum absolute atomic E-state index is 13.3. The molecule has 0 unspecified atom stereocenters. The van der Waals surface area contributed by atoms with Crippen LogP contribution in [0.5, 0.6) is 0 Å². The molecule has 2 N–H and O–H groups in total. The quantitative estimate of drug-likeness (QED) is 0.103. The van der Waals surface area contributed by atoms with Gasteiger partial charge in [-0.25, -0.2) is 0 Å². The van der Waals surface area contributed by atoms with Gasteiger partial charge in [0.15, 0.2) is 0 Å². The summed E-state index contributed by atoms with van der Waals surface area (Å²) in [6.07, 6.45) is 13.9. The number of hydrogen-bond donors (Lipinski definition) is 2. The smallest absolute Gasteiger partial charge is 0.254 e. The third-order valence-corrected chi connectivity index (χ3v) is 7.75. The Kier molecular flexibility index (Phi) is 18.5. The molecule has 0 aliphatic heterocycles. The zero-order valence-electron chi connectivity index (χ0n) is 27.1. The Hall–Kier alpha value is -2.70. The first kappa shape index (κ1) is 35.5. The van der Waals surface area contributed by atoms with Gasteiger partial charge in [0.2, 0.25) is 0 Å². The van der Waals surface area contributed by atoms with Gasteiger partial charge < -0.3 is 9.80 Å². The Labute approximate surface area is 256 Å². The minimum Gasteiger partial charge on any atom is -0.326 e. The monoisotopic (exact) mass is 578 g/mol. The number of unbranched alkanes of at least 4 members (excludes halogenated alkanes) is 8. The van der Waals surface area contributed by atoms with Crippen LogP contribution in [0.1, 0.15) is 125 Å². The van der Waals surface area contributed by atoms with E-state index < -0.39 is 0 Å². The molecule has 2 aromatic carbocycles. The number of hydrogen-bond acceptors (Lipinski definition) is 4. The van der Waals surface area contributed by atoms with Gasteiger partial charge in [0.25, 0.3) is 11.8 Å². The number of carbonyl (C=O) groups excluding carboxylic acids is 2. The summed E-state index contributed by atoms with van der Waals surface area (Å²) in [7, 11) is 0. The average molecular weight is 579 g/mol. The van der Waals surface area contributed by atoms with Crippen LogP contribution in [-0.2, 0) is 0 Å². The van der Waals surface area contributed by atoms with E-state index in [-0.39, 0.29) is 11.8 Å². The lowest BCUT2D eigenvalue weighted by Gasteiger charge is -2.23. The highest BCUT2D eigenvalue weighted by molar-refractivity contribution is 5.95. The molecule has 0 atom stereocenters. The SMILES string of the molecule is CCCCCCNCN(CCCC)C(=O)c1ccc(-c2ccc(C(=O)N(CCCC)CNCCCCCC)cc2)cc1. The maximum Gasteiger partial charge on any atom is 0.254 e. The number of rotatable bonds is 23. The summed E-state index contributed by atoms with van der Waals surface area (Å²) in [6.45, 7) is 13.3. The third kappa shape index (κ3) is 13.1. The fourth-order valence-electron chi connectivity index (χ4n) is 4.96. The van der Waals surface area contributed by atoms with E-state index >= 15 is 0 Å². The van der Waals surface area contributed by atoms with Crippen LogP contribution >= 0.6 is 0 Å². The molecule has 0 heterocycles. The van der Waals surface area contributed by atoms with Crippen LogP contribution in [0.25, 0.3) is 11.1 Å². The second-order valence-corrected chi connectivity index (χ2v) is 11.4. The fraction of sp³-hybridized carbons (Fsp3) is 0.611. The van der Waals surface area contributed by atoms with Crippen molar-refractivity contribution < 1.29 is 9.59 Å². The van der Waals surface area contributed by atoms with Crippen molar-refractivity contribution in [3.63, 3.8) is 0 Å². The van der Waals surface area contributed by atoms with E-state index in [9.17, 15) is 9.59 Å². The number of amides is 2. The first-order chi connectivity index (χ1) is 20.5. The predicted octanol–water partition coefficient (Wildman–Crippen LogP) is 8.09. The Morgan fingerprint density at radius 1 is 0.500 bits per heavy atom. The molecule has 2 amide bonds. The molecule has 0 aliphatic carbocycles. The van der Waals surface area contributed by atoms with E-state index in [1.54, 1.807) is 0 Å². The van der Waals surface area contributed by atoms with Crippen molar-refractivity contribution in [2.24, 2.45) is 0 Å². The van der Waals surface area contributed by atoms with Gasteiger partial charge in [-0.15, -0.1) is 0 Å². The Morgan fingerprint density at radius 3 is 1.19 bits per heavy atom. The summed E-state index contributed by atoms with van der Waals surface area (Å²) < 4.78 is 0. The molecule has 0 aliphatic rings. The first-order valence-corrected chi connectivity index (χ1v) is 16.8. The average Bonchev–Trinajstić information content (AvgIpc) is 3.03. The predicted molar refractivity (Wildman–Crippen MR) is 178 cm³/mol. The fourth-order valence-corrected chi connectivity index (χ4v) is 4.96. The van der Waals surface area contributed by atoms with E-state index in [1.165, 1.54) is 38.5 Å². The van der Waals surface area contributed by atoms with Gasteiger partial charge >= 0.3 is 0 Å². The largest absolute Gasteiger partial charge is 0.326 e. The lowest BCUT2D eigenvalue weighted by molar-refractivity contribution is 0.0732. The number of nitrogens with zero attached hydrogens (tertiary/aromatic N) is 2. The van der Waals surface area contributed by atoms with Gasteiger partial charge in [-0.2, -0.15) is 0 Å². The molecule has 0 saturated heterocycles. The highest BCUT2D eigenvalue weighted by Gasteiger charge is 2.17. The van der Waals surface area contributed by atoms with Crippen molar-refractivity contribution in [2.75, 3.05) is 39.5 Å². The Morgan fingerprint density at radius 2 is 0.857 bits per heavy atom. The summed E-state index contributed by atoms with van der Waals surface area (Å²) in [5.74, 6) is 0.145. The minimum absolute atomic E-state index is 0.0724. The molecule has 0 bridgehead atoms. The molecule has 0 fully saturated rings. The molecule has 6 nitrogen and oxygen atoms in total. The summed E-state index contributed by atoms with van der Waals surface area (Å²) in [5.41, 5.74) is 3.50. The van der Waals surface area contributed by atoms with Crippen molar-refractivity contribution in [3.05, 3.63) is 59.7 Å². The second-order valence-electron chi connectivity index (χ2n) is 11.4. The van der Waals surface area contributed by atoms with Crippen LogP contribution in [-0.4, -0.2) is 61.1 Å². The van der Waals surface area contributed by atoms with Crippen molar-refractivity contribution in [2.45, 2.75) is 105 Å². The van der Waals surface area contributed by atoms with Crippen LogP contribution in [0.2, 0.25) is 0 Å². The van der Waals surface area contributed by atoms with Gasteiger partial charge in [-0.1, -0.05) is 103 Å². The van der Waals surface area contributed by atoms with Gasteiger partial charge in [0.05, 0.1) is 13.3 Å². The zero-order valence-corrected chi connectivity index (χ0v) is 27.1. The molecule has 0 aromatic heterocycles. The standard InChI is InChI=1S/C36H58N4O2/c1-5-9-13-15-25-37-29-39(27-11-7-3)35(41)33-21-17-31(18-22-33)32-19-23-34(24-20-32)36(42)40(28-12-8-4)30-38-26-16-14-10-6-2/h17-24,37-38H,5-16,25-30H2,1-4H3. The van der Waals surface area contributed by atoms with E-state index in [2.05, 4.69) is 38.3 Å². The van der Waals surface area contributed by atoms with Crippen LogP contribution in [0, 0.1) is 0 Å². The zero-order chi connectivity index (χ0) is 30.4. The molecule has 2 rings (SSSR count). The lowest BCUT2D eigenvalue weighted by Crippen LogP contribution is -2.40.